The van der Waals surface area contributed by atoms with Gasteiger partial charge < -0.3 is 34.4 Å². The minimum Gasteiger partial charge on any atom is -0.744 e. The van der Waals surface area contributed by atoms with Gasteiger partial charge in [0.2, 0.25) is 0 Å². The van der Waals surface area contributed by atoms with Crippen LogP contribution in [-0.2, 0) is 39.7 Å². The number of phenols is 2. The molecule has 18 nitrogen and oxygen atoms in total. The first kappa shape index (κ1) is 50.3. The van der Waals surface area contributed by atoms with E-state index in [1.807, 2.05) is 0 Å². The van der Waals surface area contributed by atoms with Gasteiger partial charge in [0.25, 0.3) is 5.91 Å². The minimum absolute atomic E-state index is 0. The number of rotatable bonds is 10. The number of phenolic OH excluding ortho intramolecular Hbond substituents is 2. The molecule has 256 valence electrons. The number of nitrogens with one attached hydrogen (secondary N) is 1. The van der Waals surface area contributed by atoms with Crippen LogP contribution in [-0.4, -0.2) is 55.0 Å². The van der Waals surface area contributed by atoms with Crippen LogP contribution in [0, 0.1) is 0 Å². The molecule has 0 bridgehead atoms. The number of para-hydroxylation sites is 1. The molecule has 3 N–H and O–H groups in total. The van der Waals surface area contributed by atoms with Crippen LogP contribution in [0.5, 0.6) is 11.5 Å². The van der Waals surface area contributed by atoms with Crippen molar-refractivity contribution in [2.75, 3.05) is 5.32 Å². The molecule has 5 aromatic carbocycles. The molecule has 0 saturated heterocycles. The van der Waals surface area contributed by atoms with E-state index in [9.17, 15) is 59.2 Å². The van der Waals surface area contributed by atoms with Crippen molar-refractivity contribution in [1.29, 1.82) is 0 Å². The second-order valence-corrected chi connectivity index (χ2v) is 14.4. The Hall–Kier alpha value is -0.750. The molecule has 0 aliphatic heterocycles. The summed E-state index contributed by atoms with van der Waals surface area (Å²) >= 11 is 0.283. The summed E-state index contributed by atoms with van der Waals surface area (Å²) < 4.78 is 113. The van der Waals surface area contributed by atoms with Crippen LogP contribution in [0.4, 0.5) is 17.1 Å². The van der Waals surface area contributed by atoms with Gasteiger partial charge in [0.05, 0.1) is 38.0 Å². The molecule has 0 saturated carbocycles. The minimum atomic E-state index is -5.54. The molecular weight excluding hydrogens is 827 g/mol. The van der Waals surface area contributed by atoms with Gasteiger partial charge in [-0.05, 0) is 47.9 Å². The molecule has 0 aliphatic rings. The van der Waals surface area contributed by atoms with Gasteiger partial charge in [0.15, 0.2) is 5.75 Å². The summed E-state index contributed by atoms with van der Waals surface area (Å²) in [6, 6.07) is 12.7. The summed E-state index contributed by atoms with van der Waals surface area (Å²) in [6.45, 7) is 0. The first-order chi connectivity index (χ1) is 22.9. The van der Waals surface area contributed by atoms with Gasteiger partial charge >= 0.3 is 118 Å². The third-order valence-electron chi connectivity index (χ3n) is 6.68. The van der Waals surface area contributed by atoms with Gasteiger partial charge in [0, 0.05) is 21.1 Å². The summed E-state index contributed by atoms with van der Waals surface area (Å²) in [5.74, 6) is -2.52. The summed E-state index contributed by atoms with van der Waals surface area (Å²) in [5, 5.41) is 43.0. The van der Waals surface area contributed by atoms with Crippen LogP contribution in [0.3, 0.4) is 0 Å². The average Bonchev–Trinajstić information content (AvgIpc) is 3.01. The normalized spacial score (nSPS) is 11.6. The summed E-state index contributed by atoms with van der Waals surface area (Å²) in [6.07, 6.45) is 0. The monoisotopic (exact) mass is 841 g/mol. The Morgan fingerprint density at radius 2 is 1.38 bits per heavy atom. The van der Waals surface area contributed by atoms with Crippen LogP contribution >= 0.6 is 12.0 Å². The molecule has 0 atom stereocenters. The number of azo groups is 1. The number of fused-ring (bicyclic) bond motifs is 2. The third kappa shape index (κ3) is 11.4. The number of benzene rings is 5. The number of carbonyl (C=O) groups excluding carboxylic acids is 1. The van der Waals surface area contributed by atoms with Crippen molar-refractivity contribution in [3.63, 3.8) is 0 Å². The zero-order valence-corrected chi connectivity index (χ0v) is 38.9. The SMILES string of the molecule is O=C(Nc1cc(SOO[O-])cc2cc(S(=O)(=O)[O-])c(N=Nc3ccc4c(S(=O)(=O)[O-])cccc4c3S(=O)(=O)[O-])c(O)c12)c1ccccc1O.[Na+].[Na+].[Na+].[Na+]. The Bertz CT molecular complexity index is 2560. The number of aromatic hydroxyl groups is 2. The zero-order valence-electron chi connectivity index (χ0n) is 27.7. The molecule has 0 spiro atoms. The molecule has 0 aromatic heterocycles. The van der Waals surface area contributed by atoms with Crippen LogP contribution in [0.15, 0.2) is 103 Å². The van der Waals surface area contributed by atoms with Crippen molar-refractivity contribution in [3.8, 4) is 11.5 Å². The Kier molecular flexibility index (Phi) is 19.1. The molecular formula is C27H15N3Na4O15S4. The fourth-order valence-corrected chi connectivity index (χ4v) is 7.35. The quantitative estimate of drug-likeness (QED) is 0.0294. The number of carbonyl (C=O) groups is 1. The van der Waals surface area contributed by atoms with E-state index in [2.05, 4.69) is 24.9 Å². The van der Waals surface area contributed by atoms with E-state index in [0.717, 1.165) is 42.5 Å². The van der Waals surface area contributed by atoms with E-state index in [-0.39, 0.29) is 152 Å². The second kappa shape index (κ2) is 20.1. The Labute approximate surface area is 393 Å². The molecule has 0 unspecified atom stereocenters. The average molecular weight is 842 g/mol. The Morgan fingerprint density at radius 1 is 0.736 bits per heavy atom. The predicted molar refractivity (Wildman–Crippen MR) is 162 cm³/mol. The van der Waals surface area contributed by atoms with Crippen molar-refractivity contribution in [3.05, 3.63) is 78.4 Å². The van der Waals surface area contributed by atoms with Gasteiger partial charge in [-0.25, -0.2) is 25.3 Å². The van der Waals surface area contributed by atoms with Gasteiger partial charge in [-0.1, -0.05) is 30.3 Å². The van der Waals surface area contributed by atoms with Crippen molar-refractivity contribution in [2.24, 2.45) is 10.2 Å². The molecule has 53 heavy (non-hydrogen) atoms. The first-order valence-electron chi connectivity index (χ1n) is 12.8. The molecule has 0 fully saturated rings. The van der Waals surface area contributed by atoms with Crippen LogP contribution < -0.4 is 129 Å². The Morgan fingerprint density at radius 3 is 1.96 bits per heavy atom. The fourth-order valence-electron chi connectivity index (χ4n) is 4.76. The van der Waals surface area contributed by atoms with Crippen molar-refractivity contribution in [1.82, 2.24) is 0 Å². The van der Waals surface area contributed by atoms with Gasteiger partial charge in [-0.3, -0.25) is 9.83 Å². The number of anilines is 1. The maximum absolute atomic E-state index is 13.1. The topological polar surface area (TPSA) is 307 Å². The smallest absolute Gasteiger partial charge is 0.744 e. The number of hydrogen-bond donors (Lipinski definition) is 3. The van der Waals surface area contributed by atoms with Crippen molar-refractivity contribution >= 4 is 86.9 Å². The number of amides is 1. The Balaban J connectivity index is 0.00000351. The van der Waals surface area contributed by atoms with E-state index >= 15 is 0 Å². The molecule has 0 aliphatic carbocycles. The van der Waals surface area contributed by atoms with Gasteiger partial charge in [0.1, 0.15) is 47.5 Å². The molecule has 5 rings (SSSR count). The number of hydrogen-bond acceptors (Lipinski definition) is 18. The maximum Gasteiger partial charge on any atom is 1.00 e. The van der Waals surface area contributed by atoms with Gasteiger partial charge in [-0.2, -0.15) is 4.33 Å². The van der Waals surface area contributed by atoms with E-state index in [0.29, 0.717) is 6.07 Å². The molecule has 5 aromatic rings. The zero-order chi connectivity index (χ0) is 35.9. The van der Waals surface area contributed by atoms with Crippen LogP contribution in [0.2, 0.25) is 0 Å². The fraction of sp³-hybridized carbons (Fsp3) is 0. The first-order valence-corrected chi connectivity index (χ1v) is 17.8. The van der Waals surface area contributed by atoms with Crippen molar-refractivity contribution < 1.29 is 187 Å². The van der Waals surface area contributed by atoms with Gasteiger partial charge in [-0.15, -0.1) is 10.2 Å². The summed E-state index contributed by atoms with van der Waals surface area (Å²) in [7, 11) is -16.2. The standard InChI is InChI=1S/C27H19N3O15S4.4Na/c31-20-6-2-1-4-17(20)27(33)28-19-12-14(46-45-44-34)10-13-11-22(48(38,39)40)24(25(32)23(13)19)30-29-18-9-8-15-16(26(18)49(41,42)43)5-3-7-21(15)47(35,36)37;;;;/h1-12,31-32,34H,(H,28,33)(H,35,36,37)(H,38,39,40)(H,41,42,43);;;;/q;4*+1/p-4. The van der Waals surface area contributed by atoms with Crippen LogP contribution in [0.25, 0.3) is 21.5 Å². The predicted octanol–water partition coefficient (Wildman–Crippen LogP) is -8.97. The van der Waals surface area contributed by atoms with E-state index < -0.39 is 90.0 Å². The second-order valence-electron chi connectivity index (χ2n) is 9.66. The molecule has 26 heteroatoms. The van der Waals surface area contributed by atoms with E-state index in [1.165, 1.54) is 24.3 Å². The summed E-state index contributed by atoms with van der Waals surface area (Å²) in [5.41, 5.74) is -2.48. The van der Waals surface area contributed by atoms with E-state index in [1.54, 1.807) is 0 Å². The maximum atomic E-state index is 13.1. The summed E-state index contributed by atoms with van der Waals surface area (Å²) in [4.78, 5) is 9.75. The molecule has 0 radical (unpaired) electrons. The molecule has 1 amide bonds. The third-order valence-corrected chi connectivity index (χ3v) is 9.90. The largest absolute Gasteiger partial charge is 1.00 e. The van der Waals surface area contributed by atoms with Crippen LogP contribution in [0.1, 0.15) is 10.4 Å². The number of nitrogens with zero attached hydrogens (tertiary/aromatic N) is 2. The molecule has 0 heterocycles. The van der Waals surface area contributed by atoms with E-state index in [4.69, 9.17) is 0 Å². The van der Waals surface area contributed by atoms with Crippen molar-refractivity contribution in [2.45, 2.75) is 19.6 Å².